The Morgan fingerprint density at radius 3 is 2.89 bits per heavy atom. The van der Waals surface area contributed by atoms with E-state index in [0.29, 0.717) is 18.8 Å². The maximum atomic E-state index is 11.7. The van der Waals surface area contributed by atoms with Crippen LogP contribution in [0.5, 0.6) is 0 Å². The number of H-pyrrole nitrogens is 1. The summed E-state index contributed by atoms with van der Waals surface area (Å²) in [7, 11) is 1.74. The van der Waals surface area contributed by atoms with E-state index in [1.54, 1.807) is 19.2 Å². The lowest BCUT2D eigenvalue weighted by molar-refractivity contribution is 0.0948. The molecule has 18 heavy (non-hydrogen) atoms. The summed E-state index contributed by atoms with van der Waals surface area (Å²) in [6, 6.07) is 3.31. The van der Waals surface area contributed by atoms with Gasteiger partial charge in [0.1, 0.15) is 18.0 Å². The maximum Gasteiger partial charge on any atom is 0.271 e. The highest BCUT2D eigenvalue weighted by Gasteiger charge is 2.07. The van der Waals surface area contributed by atoms with Crippen LogP contribution in [0.1, 0.15) is 16.3 Å². The average molecular weight is 247 g/mol. The lowest BCUT2D eigenvalue weighted by Crippen LogP contribution is -2.27. The van der Waals surface area contributed by atoms with Gasteiger partial charge in [0, 0.05) is 20.0 Å². The first kappa shape index (κ1) is 12.0. The first-order valence-corrected chi connectivity index (χ1v) is 5.43. The molecule has 0 fully saturated rings. The predicted molar refractivity (Wildman–Crippen MR) is 64.0 cm³/mol. The molecule has 8 heteroatoms. The van der Waals surface area contributed by atoms with Crippen molar-refractivity contribution in [1.82, 2.24) is 30.7 Å². The van der Waals surface area contributed by atoms with Crippen LogP contribution in [0.15, 0.2) is 18.5 Å². The lowest BCUT2D eigenvalue weighted by Gasteiger charge is -2.03. The summed E-state index contributed by atoms with van der Waals surface area (Å²) in [4.78, 5) is 15.6. The normalized spacial score (nSPS) is 10.1. The van der Waals surface area contributed by atoms with Gasteiger partial charge < -0.3 is 10.6 Å². The number of nitrogens with one attached hydrogen (secondary N) is 3. The Bertz CT molecular complexity index is 493. The second kappa shape index (κ2) is 5.71. The second-order valence-corrected chi connectivity index (χ2v) is 3.49. The number of rotatable bonds is 5. The molecule has 0 saturated heterocycles. The van der Waals surface area contributed by atoms with Gasteiger partial charge in [-0.15, -0.1) is 10.2 Å². The summed E-state index contributed by atoms with van der Waals surface area (Å²) in [6.07, 6.45) is 2.02. The standard InChI is InChI=1S/C10H13N7O/c1-11-8-3-2-7(15-17-8)10(18)12-5-4-9-13-6-14-16-9/h2-3,6H,4-5H2,1H3,(H,11,17)(H,12,18)(H,13,14,16). The Hall–Kier alpha value is -2.51. The molecule has 8 nitrogen and oxygen atoms in total. The molecule has 2 aromatic rings. The number of aromatic nitrogens is 5. The number of anilines is 1. The molecular weight excluding hydrogens is 234 g/mol. The van der Waals surface area contributed by atoms with Gasteiger partial charge in [-0.1, -0.05) is 0 Å². The molecule has 0 saturated carbocycles. The molecule has 0 aromatic carbocycles. The molecule has 3 N–H and O–H groups in total. The molecule has 2 heterocycles. The van der Waals surface area contributed by atoms with Gasteiger partial charge in [0.15, 0.2) is 5.69 Å². The van der Waals surface area contributed by atoms with Crippen LogP contribution in [-0.2, 0) is 6.42 Å². The molecule has 0 unspecified atom stereocenters. The van der Waals surface area contributed by atoms with Gasteiger partial charge in [-0.25, -0.2) is 4.98 Å². The lowest BCUT2D eigenvalue weighted by atomic mass is 10.3. The molecular formula is C10H13N7O. The fourth-order valence-corrected chi connectivity index (χ4v) is 1.32. The molecule has 1 amide bonds. The minimum atomic E-state index is -0.260. The number of nitrogens with zero attached hydrogens (tertiary/aromatic N) is 4. The molecule has 0 atom stereocenters. The maximum absolute atomic E-state index is 11.7. The highest BCUT2D eigenvalue weighted by Crippen LogP contribution is 2.00. The van der Waals surface area contributed by atoms with E-state index in [-0.39, 0.29) is 11.6 Å². The molecule has 0 aliphatic carbocycles. The summed E-state index contributed by atoms with van der Waals surface area (Å²) < 4.78 is 0. The quantitative estimate of drug-likeness (QED) is 0.664. The van der Waals surface area contributed by atoms with E-state index >= 15 is 0 Å². The van der Waals surface area contributed by atoms with Crippen LogP contribution < -0.4 is 10.6 Å². The summed E-state index contributed by atoms with van der Waals surface area (Å²) in [6.45, 7) is 0.462. The van der Waals surface area contributed by atoms with Crippen molar-refractivity contribution in [2.75, 3.05) is 18.9 Å². The minimum Gasteiger partial charge on any atom is -0.372 e. The van der Waals surface area contributed by atoms with Gasteiger partial charge in [0.25, 0.3) is 5.91 Å². The summed E-state index contributed by atoms with van der Waals surface area (Å²) in [5, 5.41) is 19.6. The average Bonchev–Trinajstić information content (AvgIpc) is 2.92. The summed E-state index contributed by atoms with van der Waals surface area (Å²) >= 11 is 0. The van der Waals surface area contributed by atoms with Crippen molar-refractivity contribution in [3.05, 3.63) is 30.0 Å². The topological polar surface area (TPSA) is 108 Å². The van der Waals surface area contributed by atoms with E-state index in [1.807, 2.05) is 0 Å². The van der Waals surface area contributed by atoms with Crippen LogP contribution in [0.2, 0.25) is 0 Å². The van der Waals surface area contributed by atoms with Crippen molar-refractivity contribution < 1.29 is 4.79 Å². The van der Waals surface area contributed by atoms with Crippen molar-refractivity contribution in [2.45, 2.75) is 6.42 Å². The van der Waals surface area contributed by atoms with Crippen molar-refractivity contribution in [3.8, 4) is 0 Å². The monoisotopic (exact) mass is 247 g/mol. The fourth-order valence-electron chi connectivity index (χ4n) is 1.32. The third kappa shape index (κ3) is 3.00. The summed E-state index contributed by atoms with van der Waals surface area (Å²) in [5.74, 6) is 1.09. The molecule has 0 spiro atoms. The van der Waals surface area contributed by atoms with Crippen LogP contribution in [0.4, 0.5) is 5.82 Å². The van der Waals surface area contributed by atoms with Crippen LogP contribution in [-0.4, -0.2) is 44.9 Å². The van der Waals surface area contributed by atoms with E-state index in [4.69, 9.17) is 0 Å². The number of hydrogen-bond acceptors (Lipinski definition) is 6. The van der Waals surface area contributed by atoms with Crippen molar-refractivity contribution in [2.24, 2.45) is 0 Å². The Kier molecular flexibility index (Phi) is 3.79. The van der Waals surface area contributed by atoms with E-state index in [1.165, 1.54) is 6.33 Å². The van der Waals surface area contributed by atoms with Crippen LogP contribution in [0.3, 0.4) is 0 Å². The molecule has 0 aliphatic heterocycles. The molecule has 2 rings (SSSR count). The Morgan fingerprint density at radius 2 is 2.28 bits per heavy atom. The zero-order chi connectivity index (χ0) is 12.8. The highest BCUT2D eigenvalue weighted by atomic mass is 16.1. The Balaban J connectivity index is 1.83. The summed E-state index contributed by atoms with van der Waals surface area (Å²) in [5.41, 5.74) is 0.284. The number of amides is 1. The molecule has 2 aromatic heterocycles. The van der Waals surface area contributed by atoms with Crippen molar-refractivity contribution >= 4 is 11.7 Å². The first-order valence-electron chi connectivity index (χ1n) is 5.43. The highest BCUT2D eigenvalue weighted by molar-refractivity contribution is 5.92. The van der Waals surface area contributed by atoms with Gasteiger partial charge >= 0.3 is 0 Å². The number of carbonyl (C=O) groups excluding carboxylic acids is 1. The van der Waals surface area contributed by atoms with Gasteiger partial charge in [-0.3, -0.25) is 9.89 Å². The predicted octanol–water partition coefficient (Wildman–Crippen LogP) is -0.391. The SMILES string of the molecule is CNc1ccc(C(=O)NCCc2ncn[nH]2)nn1. The van der Waals surface area contributed by atoms with Gasteiger partial charge in [0.05, 0.1) is 0 Å². The molecule has 94 valence electrons. The van der Waals surface area contributed by atoms with Gasteiger partial charge in [-0.2, -0.15) is 5.10 Å². The zero-order valence-corrected chi connectivity index (χ0v) is 9.84. The number of aromatic amines is 1. The Labute approximate surface area is 103 Å². The van der Waals surface area contributed by atoms with E-state index < -0.39 is 0 Å². The fraction of sp³-hybridized carbons (Fsp3) is 0.300. The second-order valence-electron chi connectivity index (χ2n) is 3.49. The first-order chi connectivity index (χ1) is 8.79. The third-order valence-electron chi connectivity index (χ3n) is 2.27. The van der Waals surface area contributed by atoms with E-state index in [9.17, 15) is 4.79 Å². The number of hydrogen-bond donors (Lipinski definition) is 3. The number of carbonyl (C=O) groups is 1. The van der Waals surface area contributed by atoms with Crippen LogP contribution in [0, 0.1) is 0 Å². The molecule has 0 bridgehead atoms. The molecule has 0 radical (unpaired) electrons. The third-order valence-corrected chi connectivity index (χ3v) is 2.27. The van der Waals surface area contributed by atoms with E-state index in [2.05, 4.69) is 36.0 Å². The van der Waals surface area contributed by atoms with Crippen LogP contribution >= 0.6 is 0 Å². The largest absolute Gasteiger partial charge is 0.372 e. The van der Waals surface area contributed by atoms with Gasteiger partial charge in [-0.05, 0) is 12.1 Å². The molecule has 0 aliphatic rings. The smallest absolute Gasteiger partial charge is 0.271 e. The van der Waals surface area contributed by atoms with E-state index in [0.717, 1.165) is 5.82 Å². The van der Waals surface area contributed by atoms with Gasteiger partial charge in [0.2, 0.25) is 0 Å². The van der Waals surface area contributed by atoms with Crippen molar-refractivity contribution in [3.63, 3.8) is 0 Å². The Morgan fingerprint density at radius 1 is 1.39 bits per heavy atom. The minimum absolute atomic E-state index is 0.260. The zero-order valence-electron chi connectivity index (χ0n) is 9.84. The van der Waals surface area contributed by atoms with Crippen molar-refractivity contribution in [1.29, 1.82) is 0 Å². The van der Waals surface area contributed by atoms with Crippen LogP contribution in [0.25, 0.3) is 0 Å².